The first-order valence-corrected chi connectivity index (χ1v) is 19.9. The van der Waals surface area contributed by atoms with Crippen molar-refractivity contribution in [2.24, 2.45) is 0 Å². The smallest absolute Gasteiger partial charge is 0.245 e. The third-order valence-electron chi connectivity index (χ3n) is 12.3. The van der Waals surface area contributed by atoms with Crippen LogP contribution in [-0.4, -0.2) is 13.4 Å². The molecule has 0 spiro atoms. The standard InChI is InChI=1S/C52H35B2N3/c1-4-21-37(22-5-1)53-41-28-12-13-29-42(41)54-43-30-14-15-31-46(43)55(38-23-6-2-7-24-38)52-50(54)44(53)35-49-51(52)56(39-25-8-3-9-26-39)47-32-16-17-33-48(47)57(49)45-34-18-20-36-19-10-11-27-40(36)45/h1-35H. The van der Waals surface area contributed by atoms with Crippen molar-refractivity contribution in [2.75, 3.05) is 14.7 Å². The number of hydrogen-bond acceptors (Lipinski definition) is 3. The number of hydrogen-bond donors (Lipinski definition) is 0. The second-order valence-corrected chi connectivity index (χ2v) is 15.2. The van der Waals surface area contributed by atoms with E-state index in [0.717, 1.165) is 34.1 Å². The minimum atomic E-state index is 0.0253. The van der Waals surface area contributed by atoms with E-state index >= 15 is 0 Å². The number of fused-ring (bicyclic) bond motifs is 8. The Morgan fingerprint density at radius 1 is 0.298 bits per heavy atom. The van der Waals surface area contributed by atoms with Gasteiger partial charge in [-0.05, 0) is 70.9 Å². The molecule has 0 N–H and O–H groups in total. The Morgan fingerprint density at radius 3 is 1.49 bits per heavy atom. The highest BCUT2D eigenvalue weighted by Gasteiger charge is 2.48. The van der Waals surface area contributed by atoms with Gasteiger partial charge in [-0.15, -0.1) is 0 Å². The van der Waals surface area contributed by atoms with Crippen LogP contribution in [0.15, 0.2) is 212 Å². The summed E-state index contributed by atoms with van der Waals surface area (Å²) in [6, 6.07) is 78.4. The van der Waals surface area contributed by atoms with Crippen molar-refractivity contribution in [2.45, 2.75) is 0 Å². The van der Waals surface area contributed by atoms with E-state index in [4.69, 9.17) is 0 Å². The fourth-order valence-corrected chi connectivity index (χ4v) is 10.0. The SMILES string of the molecule is c1ccc(B2c3ccccc3B3c4ccccc4N(c4ccccc4)c4c3c2cc2c4N(c3ccccc3)c3ccccc3N2c2cccc3ccccc23)cc1. The van der Waals surface area contributed by atoms with Crippen molar-refractivity contribution < 1.29 is 0 Å². The lowest BCUT2D eigenvalue weighted by molar-refractivity contribution is 1.16. The number of anilines is 9. The summed E-state index contributed by atoms with van der Waals surface area (Å²) in [6.45, 7) is 0.0609. The summed E-state index contributed by atoms with van der Waals surface area (Å²) in [7, 11) is 0. The summed E-state index contributed by atoms with van der Waals surface area (Å²) >= 11 is 0. The molecule has 3 nitrogen and oxygen atoms in total. The van der Waals surface area contributed by atoms with Crippen molar-refractivity contribution >= 4 is 108 Å². The maximum absolute atomic E-state index is 2.56. The highest BCUT2D eigenvalue weighted by Crippen LogP contribution is 2.59. The van der Waals surface area contributed by atoms with Crippen LogP contribution in [0.5, 0.6) is 0 Å². The molecular weight excluding hydrogens is 688 g/mol. The molecule has 3 aliphatic rings. The topological polar surface area (TPSA) is 9.72 Å². The second kappa shape index (κ2) is 12.7. The number of rotatable bonds is 4. The third kappa shape index (κ3) is 4.69. The van der Waals surface area contributed by atoms with Crippen LogP contribution < -0.4 is 47.5 Å². The normalized spacial score (nSPS) is 13.4. The molecule has 0 saturated heterocycles. The van der Waals surface area contributed by atoms with E-state index in [1.54, 1.807) is 0 Å². The van der Waals surface area contributed by atoms with Gasteiger partial charge in [0.1, 0.15) is 0 Å². The Hall–Kier alpha value is -7.23. The van der Waals surface area contributed by atoms with Crippen LogP contribution in [0.4, 0.5) is 51.2 Å². The lowest BCUT2D eigenvalue weighted by Crippen LogP contribution is -2.76. The van der Waals surface area contributed by atoms with Gasteiger partial charge in [-0.2, -0.15) is 0 Å². The highest BCUT2D eigenvalue weighted by molar-refractivity contribution is 7.12. The second-order valence-electron chi connectivity index (χ2n) is 15.2. The van der Waals surface area contributed by atoms with Gasteiger partial charge >= 0.3 is 0 Å². The zero-order valence-electron chi connectivity index (χ0n) is 31.2. The molecule has 0 fully saturated rings. The quantitative estimate of drug-likeness (QED) is 0.168. The molecule has 0 bridgehead atoms. The highest BCUT2D eigenvalue weighted by atomic mass is 15.3. The summed E-state index contributed by atoms with van der Waals surface area (Å²) in [5.74, 6) is 0. The molecule has 5 heteroatoms. The summed E-state index contributed by atoms with van der Waals surface area (Å²) in [4.78, 5) is 7.63. The molecule has 0 amide bonds. The van der Waals surface area contributed by atoms with E-state index in [9.17, 15) is 0 Å². The van der Waals surface area contributed by atoms with Gasteiger partial charge in [0.15, 0.2) is 0 Å². The molecule has 0 aliphatic carbocycles. The Bertz CT molecular complexity index is 2990. The number of benzene rings is 9. The number of para-hydroxylation sites is 5. The third-order valence-corrected chi connectivity index (χ3v) is 12.3. The van der Waals surface area contributed by atoms with E-state index in [1.165, 1.54) is 60.6 Å². The molecule has 3 aliphatic heterocycles. The van der Waals surface area contributed by atoms with Gasteiger partial charge in [-0.1, -0.05) is 180 Å². The number of nitrogens with zero attached hydrogens (tertiary/aromatic N) is 3. The van der Waals surface area contributed by atoms with E-state index in [0.29, 0.717) is 0 Å². The summed E-state index contributed by atoms with van der Waals surface area (Å²) in [5.41, 5.74) is 18.5. The average molecular weight is 723 g/mol. The fourth-order valence-electron chi connectivity index (χ4n) is 10.0. The van der Waals surface area contributed by atoms with Gasteiger partial charge in [-0.3, -0.25) is 0 Å². The van der Waals surface area contributed by atoms with Crippen molar-refractivity contribution in [3.63, 3.8) is 0 Å². The molecule has 9 aromatic carbocycles. The van der Waals surface area contributed by atoms with Crippen LogP contribution in [0.1, 0.15) is 0 Å². The molecular formula is C52H35B2N3. The van der Waals surface area contributed by atoms with Crippen molar-refractivity contribution in [3.8, 4) is 0 Å². The summed E-state index contributed by atoms with van der Waals surface area (Å²) in [6.07, 6.45) is 0. The van der Waals surface area contributed by atoms with E-state index in [1.807, 2.05) is 0 Å². The zero-order valence-corrected chi connectivity index (χ0v) is 31.2. The molecule has 0 atom stereocenters. The van der Waals surface area contributed by atoms with Crippen molar-refractivity contribution in [1.82, 2.24) is 0 Å². The Kier molecular flexibility index (Phi) is 7.12. The minimum Gasteiger partial charge on any atom is -0.309 e. The van der Waals surface area contributed by atoms with Crippen LogP contribution in [-0.2, 0) is 0 Å². The van der Waals surface area contributed by atoms with Crippen molar-refractivity contribution in [1.29, 1.82) is 0 Å². The maximum atomic E-state index is 2.56. The van der Waals surface area contributed by atoms with Gasteiger partial charge in [0.2, 0.25) is 13.4 Å². The maximum Gasteiger partial charge on any atom is 0.245 e. The first-order valence-electron chi connectivity index (χ1n) is 19.9. The predicted octanol–water partition coefficient (Wildman–Crippen LogP) is 9.22. The average Bonchev–Trinajstić information content (AvgIpc) is 3.28. The van der Waals surface area contributed by atoms with Gasteiger partial charge < -0.3 is 14.7 Å². The Balaban J connectivity index is 1.30. The summed E-state index contributed by atoms with van der Waals surface area (Å²) in [5, 5.41) is 2.43. The molecule has 9 aromatic rings. The van der Waals surface area contributed by atoms with Crippen LogP contribution in [0.25, 0.3) is 10.8 Å². The zero-order chi connectivity index (χ0) is 37.5. The Labute approximate surface area is 333 Å². The fraction of sp³-hybridized carbons (Fsp3) is 0. The molecule has 57 heavy (non-hydrogen) atoms. The van der Waals surface area contributed by atoms with Crippen LogP contribution >= 0.6 is 0 Å². The van der Waals surface area contributed by atoms with Crippen molar-refractivity contribution in [3.05, 3.63) is 212 Å². The molecule has 3 heterocycles. The first kappa shape index (κ1) is 32.1. The van der Waals surface area contributed by atoms with Crippen LogP contribution in [0.2, 0.25) is 0 Å². The van der Waals surface area contributed by atoms with E-state index in [2.05, 4.69) is 227 Å². The molecule has 0 saturated carbocycles. The Morgan fingerprint density at radius 2 is 0.789 bits per heavy atom. The molecule has 0 radical (unpaired) electrons. The lowest BCUT2D eigenvalue weighted by atomic mass is 9.20. The van der Waals surface area contributed by atoms with Gasteiger partial charge in [-0.25, -0.2) is 0 Å². The molecule has 12 rings (SSSR count). The molecule has 264 valence electrons. The van der Waals surface area contributed by atoms with Crippen LogP contribution in [0, 0.1) is 0 Å². The van der Waals surface area contributed by atoms with Gasteiger partial charge in [0.05, 0.1) is 34.1 Å². The minimum absolute atomic E-state index is 0.0253. The predicted molar refractivity (Wildman–Crippen MR) is 244 cm³/mol. The largest absolute Gasteiger partial charge is 0.309 e. The van der Waals surface area contributed by atoms with Gasteiger partial charge in [0, 0.05) is 22.4 Å². The first-order chi connectivity index (χ1) is 28.3. The van der Waals surface area contributed by atoms with Gasteiger partial charge in [0.25, 0.3) is 0 Å². The summed E-state index contributed by atoms with van der Waals surface area (Å²) < 4.78 is 0. The van der Waals surface area contributed by atoms with E-state index in [-0.39, 0.29) is 13.4 Å². The monoisotopic (exact) mass is 723 g/mol. The lowest BCUT2D eigenvalue weighted by Gasteiger charge is -2.48. The van der Waals surface area contributed by atoms with Crippen LogP contribution in [0.3, 0.4) is 0 Å². The molecule has 0 aromatic heterocycles. The van der Waals surface area contributed by atoms with E-state index < -0.39 is 0 Å². The molecule has 0 unspecified atom stereocenters.